The van der Waals surface area contributed by atoms with E-state index in [1.165, 1.54) is 0 Å². The molecular formula is C15H10ClNO2. The molecule has 0 saturated carbocycles. The lowest BCUT2D eigenvalue weighted by Gasteiger charge is -2.07. The number of aromatic hydroxyl groups is 1. The molecule has 2 N–H and O–H groups in total. The van der Waals surface area contributed by atoms with Gasteiger partial charge in [0.15, 0.2) is 5.75 Å². The van der Waals surface area contributed by atoms with Crippen molar-refractivity contribution in [2.45, 2.75) is 0 Å². The van der Waals surface area contributed by atoms with Crippen molar-refractivity contribution in [3.63, 3.8) is 0 Å². The minimum absolute atomic E-state index is 0.291. The minimum atomic E-state index is -0.421. The van der Waals surface area contributed by atoms with Crippen LogP contribution >= 0.6 is 11.6 Å². The number of hydrogen-bond donors (Lipinski definition) is 2. The molecule has 0 amide bonds. The predicted molar refractivity (Wildman–Crippen MR) is 76.7 cm³/mol. The fraction of sp³-hybridized carbons (Fsp3) is 0. The lowest BCUT2D eigenvalue weighted by atomic mass is 10.1. The average Bonchev–Trinajstić information content (AvgIpc) is 2.44. The maximum atomic E-state index is 12.1. The highest BCUT2D eigenvalue weighted by atomic mass is 35.5. The van der Waals surface area contributed by atoms with E-state index in [9.17, 15) is 9.90 Å². The summed E-state index contributed by atoms with van der Waals surface area (Å²) in [4.78, 5) is 15.2. The molecule has 19 heavy (non-hydrogen) atoms. The Morgan fingerprint density at radius 2 is 1.79 bits per heavy atom. The van der Waals surface area contributed by atoms with Crippen LogP contribution in [0.5, 0.6) is 5.75 Å². The van der Waals surface area contributed by atoms with Gasteiger partial charge < -0.3 is 10.1 Å². The van der Waals surface area contributed by atoms with Gasteiger partial charge in [-0.3, -0.25) is 4.79 Å². The fourth-order valence-electron chi connectivity index (χ4n) is 2.06. The molecule has 1 heterocycles. The summed E-state index contributed by atoms with van der Waals surface area (Å²) in [6.45, 7) is 0. The van der Waals surface area contributed by atoms with E-state index in [1.54, 1.807) is 18.2 Å². The summed E-state index contributed by atoms with van der Waals surface area (Å²) >= 11 is 5.87. The summed E-state index contributed by atoms with van der Waals surface area (Å²) in [7, 11) is 0. The fourth-order valence-corrected chi connectivity index (χ4v) is 2.23. The Kier molecular flexibility index (Phi) is 2.76. The van der Waals surface area contributed by atoms with E-state index in [-0.39, 0.29) is 5.75 Å². The number of hydrogen-bond acceptors (Lipinski definition) is 2. The average molecular weight is 272 g/mol. The summed E-state index contributed by atoms with van der Waals surface area (Å²) in [5.74, 6) is -0.291. The third-order valence-corrected chi connectivity index (χ3v) is 3.24. The van der Waals surface area contributed by atoms with E-state index >= 15 is 0 Å². The summed E-state index contributed by atoms with van der Waals surface area (Å²) < 4.78 is 0. The van der Waals surface area contributed by atoms with Crippen molar-refractivity contribution in [2.24, 2.45) is 0 Å². The van der Waals surface area contributed by atoms with E-state index in [4.69, 9.17) is 11.6 Å². The van der Waals surface area contributed by atoms with Gasteiger partial charge in [-0.25, -0.2) is 0 Å². The zero-order valence-electron chi connectivity index (χ0n) is 9.85. The van der Waals surface area contributed by atoms with Crippen LogP contribution in [0, 0.1) is 0 Å². The highest BCUT2D eigenvalue weighted by Gasteiger charge is 2.12. The molecule has 4 heteroatoms. The van der Waals surface area contributed by atoms with Gasteiger partial charge in [0.1, 0.15) is 0 Å². The number of aromatic nitrogens is 1. The number of H-pyrrole nitrogens is 1. The lowest BCUT2D eigenvalue weighted by Crippen LogP contribution is -2.04. The SMILES string of the molecule is O=c1c(O)c(-c2ccccc2)[nH]c2ccc(Cl)cc12. The molecule has 0 aliphatic carbocycles. The molecule has 0 spiro atoms. The predicted octanol–water partition coefficient (Wildman–Crippen LogP) is 3.55. The smallest absolute Gasteiger partial charge is 0.231 e. The van der Waals surface area contributed by atoms with Crippen molar-refractivity contribution in [1.29, 1.82) is 0 Å². The van der Waals surface area contributed by atoms with Crippen molar-refractivity contribution < 1.29 is 5.11 Å². The first-order valence-electron chi connectivity index (χ1n) is 5.77. The van der Waals surface area contributed by atoms with Gasteiger partial charge in [0.2, 0.25) is 5.43 Å². The topological polar surface area (TPSA) is 53.1 Å². The second kappa shape index (κ2) is 4.44. The molecule has 3 nitrogen and oxygen atoms in total. The Labute approximate surface area is 114 Å². The molecule has 0 fully saturated rings. The number of benzene rings is 2. The number of rotatable bonds is 1. The van der Waals surface area contributed by atoms with Crippen LogP contribution in [-0.4, -0.2) is 10.1 Å². The number of fused-ring (bicyclic) bond motifs is 1. The summed E-state index contributed by atoms with van der Waals surface area (Å²) in [6, 6.07) is 14.2. The second-order valence-electron chi connectivity index (χ2n) is 4.23. The van der Waals surface area contributed by atoms with Gasteiger partial charge in [-0.15, -0.1) is 0 Å². The first-order valence-corrected chi connectivity index (χ1v) is 6.14. The van der Waals surface area contributed by atoms with E-state index in [1.807, 2.05) is 30.3 Å². The molecule has 0 aliphatic heterocycles. The monoisotopic (exact) mass is 271 g/mol. The van der Waals surface area contributed by atoms with Crippen LogP contribution < -0.4 is 5.43 Å². The number of halogens is 1. The molecule has 0 bridgehead atoms. The van der Waals surface area contributed by atoms with Gasteiger partial charge in [0.25, 0.3) is 0 Å². The van der Waals surface area contributed by atoms with Crippen LogP contribution in [0.3, 0.4) is 0 Å². The maximum Gasteiger partial charge on any atom is 0.231 e. The Bertz CT molecular complexity index is 809. The van der Waals surface area contributed by atoms with Crippen molar-refractivity contribution in [1.82, 2.24) is 4.98 Å². The quantitative estimate of drug-likeness (QED) is 0.711. The highest BCUT2D eigenvalue weighted by molar-refractivity contribution is 6.31. The molecule has 0 atom stereocenters. The third kappa shape index (κ3) is 1.98. The zero-order valence-corrected chi connectivity index (χ0v) is 10.6. The Hall–Kier alpha value is -2.26. The van der Waals surface area contributed by atoms with Crippen molar-refractivity contribution in [2.75, 3.05) is 0 Å². The zero-order chi connectivity index (χ0) is 13.4. The van der Waals surface area contributed by atoms with Crippen LogP contribution in [-0.2, 0) is 0 Å². The number of pyridine rings is 1. The second-order valence-corrected chi connectivity index (χ2v) is 4.67. The van der Waals surface area contributed by atoms with Crippen molar-refractivity contribution >= 4 is 22.5 Å². The number of nitrogens with one attached hydrogen (secondary N) is 1. The van der Waals surface area contributed by atoms with E-state index in [0.29, 0.717) is 21.6 Å². The summed E-state index contributed by atoms with van der Waals surface area (Å²) in [6.07, 6.45) is 0. The molecule has 0 unspecified atom stereocenters. The van der Waals surface area contributed by atoms with E-state index < -0.39 is 5.43 Å². The van der Waals surface area contributed by atoms with Crippen LogP contribution in [0.4, 0.5) is 0 Å². The lowest BCUT2D eigenvalue weighted by molar-refractivity contribution is 0.471. The molecule has 94 valence electrons. The standard InChI is InChI=1S/C15H10ClNO2/c16-10-6-7-12-11(8-10)14(18)15(19)13(17-12)9-4-2-1-3-5-9/h1-8,19H,(H,17,18). The molecule has 0 aliphatic rings. The van der Waals surface area contributed by atoms with Crippen molar-refractivity contribution in [3.8, 4) is 17.0 Å². The first-order chi connectivity index (χ1) is 9.16. The highest BCUT2D eigenvalue weighted by Crippen LogP contribution is 2.27. The van der Waals surface area contributed by atoms with Gasteiger partial charge in [0.05, 0.1) is 16.6 Å². The van der Waals surface area contributed by atoms with Gasteiger partial charge in [0, 0.05) is 10.6 Å². The van der Waals surface area contributed by atoms with Gasteiger partial charge >= 0.3 is 0 Å². The van der Waals surface area contributed by atoms with Crippen LogP contribution in [0.1, 0.15) is 0 Å². The van der Waals surface area contributed by atoms with Gasteiger partial charge in [-0.2, -0.15) is 0 Å². The van der Waals surface area contributed by atoms with Crippen LogP contribution in [0.15, 0.2) is 53.3 Å². The molecular weight excluding hydrogens is 262 g/mol. The Balaban J connectivity index is 2.37. The normalized spacial score (nSPS) is 10.8. The first kappa shape index (κ1) is 11.8. The molecule has 2 aromatic carbocycles. The van der Waals surface area contributed by atoms with Crippen LogP contribution in [0.25, 0.3) is 22.2 Å². The van der Waals surface area contributed by atoms with E-state index in [2.05, 4.69) is 4.98 Å². The largest absolute Gasteiger partial charge is 0.503 e. The molecule has 0 radical (unpaired) electrons. The van der Waals surface area contributed by atoms with E-state index in [0.717, 1.165) is 5.56 Å². The van der Waals surface area contributed by atoms with Crippen molar-refractivity contribution in [3.05, 3.63) is 63.8 Å². The molecule has 1 aromatic heterocycles. The van der Waals surface area contributed by atoms with Crippen LogP contribution in [0.2, 0.25) is 5.02 Å². The molecule has 3 rings (SSSR count). The minimum Gasteiger partial charge on any atom is -0.503 e. The Morgan fingerprint density at radius 3 is 2.53 bits per heavy atom. The number of aromatic amines is 1. The van der Waals surface area contributed by atoms with Gasteiger partial charge in [-0.05, 0) is 18.2 Å². The summed E-state index contributed by atoms with van der Waals surface area (Å²) in [5, 5.41) is 10.9. The molecule has 0 saturated heterocycles. The Morgan fingerprint density at radius 1 is 1.05 bits per heavy atom. The third-order valence-electron chi connectivity index (χ3n) is 3.00. The maximum absolute atomic E-state index is 12.1. The van der Waals surface area contributed by atoms with Gasteiger partial charge in [-0.1, -0.05) is 41.9 Å². The summed E-state index contributed by atoms with van der Waals surface area (Å²) in [5.41, 5.74) is 1.40. The molecule has 3 aromatic rings.